The molecule has 1 atom stereocenters. The molecule has 2 aliphatic rings. The Morgan fingerprint density at radius 3 is 2.42 bits per heavy atom. The zero-order valence-electron chi connectivity index (χ0n) is 26.5. The van der Waals surface area contributed by atoms with E-state index in [0.29, 0.717) is 61.2 Å². The second kappa shape index (κ2) is 14.6. The van der Waals surface area contributed by atoms with Gasteiger partial charge in [0.15, 0.2) is 11.5 Å². The molecule has 2 saturated heterocycles. The Morgan fingerprint density at radius 1 is 0.978 bits per heavy atom. The van der Waals surface area contributed by atoms with Crippen molar-refractivity contribution < 1.29 is 33.6 Å². The number of aliphatic hydroxyl groups is 1. The fraction of sp³-hybridized carbons (Fsp3) is 0.389. The van der Waals surface area contributed by atoms with E-state index in [1.54, 1.807) is 36.3 Å². The Bertz CT molecular complexity index is 1530. The molecule has 238 valence electrons. The molecule has 2 fully saturated rings. The minimum atomic E-state index is -0.808. The fourth-order valence-electron chi connectivity index (χ4n) is 5.85. The van der Waals surface area contributed by atoms with Crippen LogP contribution in [0.4, 0.5) is 0 Å². The highest BCUT2D eigenvalue weighted by molar-refractivity contribution is 6.46. The van der Waals surface area contributed by atoms with Gasteiger partial charge in [0, 0.05) is 31.7 Å². The van der Waals surface area contributed by atoms with Gasteiger partial charge >= 0.3 is 0 Å². The van der Waals surface area contributed by atoms with E-state index in [-0.39, 0.29) is 17.4 Å². The van der Waals surface area contributed by atoms with Crippen molar-refractivity contribution in [2.45, 2.75) is 45.9 Å². The number of amides is 1. The maximum atomic E-state index is 13.7. The Balaban J connectivity index is 1.50. The Labute approximate surface area is 265 Å². The van der Waals surface area contributed by atoms with E-state index in [1.807, 2.05) is 63.2 Å². The lowest BCUT2D eigenvalue weighted by atomic mass is 9.93. The van der Waals surface area contributed by atoms with Gasteiger partial charge in [0.2, 0.25) is 0 Å². The van der Waals surface area contributed by atoms with Crippen molar-refractivity contribution in [3.8, 4) is 17.2 Å². The zero-order chi connectivity index (χ0) is 31.9. The van der Waals surface area contributed by atoms with Crippen LogP contribution in [-0.2, 0) is 20.9 Å². The second-order valence-electron chi connectivity index (χ2n) is 11.6. The van der Waals surface area contributed by atoms with E-state index < -0.39 is 17.7 Å². The van der Waals surface area contributed by atoms with Crippen LogP contribution in [0.25, 0.3) is 5.76 Å². The van der Waals surface area contributed by atoms with E-state index in [2.05, 4.69) is 4.90 Å². The lowest BCUT2D eigenvalue weighted by Gasteiger charge is -2.29. The monoisotopic (exact) mass is 614 g/mol. The number of ketones is 1. The van der Waals surface area contributed by atoms with Crippen LogP contribution in [0.1, 0.15) is 48.6 Å². The summed E-state index contributed by atoms with van der Waals surface area (Å²) in [5, 5.41) is 11.7. The van der Waals surface area contributed by atoms with Gasteiger partial charge in [0.05, 0.1) is 38.0 Å². The SMILES string of the molecule is COc1cc(C2C(=C(O)c3ccc(OC(C)C)cc3C)C(=O)C(=O)N2CCCN2CCOCC2)ccc1OCc1ccccc1. The number of nitrogens with zero attached hydrogens (tertiary/aromatic N) is 2. The standard InChI is InChI=1S/C36H42N2O7/c1-24(2)45-28-12-13-29(25(3)21-28)34(39)32-33(38(36(41)35(32)40)16-8-15-37-17-19-43-20-18-37)27-11-14-30(31(22-27)42-4)44-23-26-9-6-5-7-10-26/h5-7,9-14,21-22,24,33,39H,8,15-20,23H2,1-4H3. The Kier molecular flexibility index (Phi) is 10.4. The summed E-state index contributed by atoms with van der Waals surface area (Å²) in [6, 6.07) is 19.7. The highest BCUT2D eigenvalue weighted by Crippen LogP contribution is 2.42. The average Bonchev–Trinajstić information content (AvgIpc) is 3.29. The molecule has 0 aliphatic carbocycles. The van der Waals surface area contributed by atoms with Gasteiger partial charge < -0.3 is 29.0 Å². The van der Waals surface area contributed by atoms with E-state index in [9.17, 15) is 14.7 Å². The fourth-order valence-corrected chi connectivity index (χ4v) is 5.85. The summed E-state index contributed by atoms with van der Waals surface area (Å²) < 4.78 is 23.1. The first kappa shape index (κ1) is 32.1. The maximum absolute atomic E-state index is 13.7. The summed E-state index contributed by atoms with van der Waals surface area (Å²) >= 11 is 0. The van der Waals surface area contributed by atoms with Crippen molar-refractivity contribution in [1.29, 1.82) is 0 Å². The molecule has 5 rings (SSSR count). The molecule has 0 saturated carbocycles. The molecule has 3 aromatic rings. The number of ether oxygens (including phenoxy) is 4. The van der Waals surface area contributed by atoms with Crippen LogP contribution in [0.2, 0.25) is 0 Å². The van der Waals surface area contributed by atoms with E-state index >= 15 is 0 Å². The first-order valence-electron chi connectivity index (χ1n) is 15.5. The molecule has 1 amide bonds. The van der Waals surface area contributed by atoms with Crippen LogP contribution in [0.5, 0.6) is 17.2 Å². The van der Waals surface area contributed by atoms with Crippen LogP contribution in [-0.4, -0.2) is 79.2 Å². The number of methoxy groups -OCH3 is 1. The van der Waals surface area contributed by atoms with Gasteiger partial charge in [-0.05, 0) is 74.2 Å². The molecule has 45 heavy (non-hydrogen) atoms. The number of Topliss-reactive ketones (excluding diaryl/α,β-unsaturated/α-hetero) is 1. The summed E-state index contributed by atoms with van der Waals surface area (Å²) in [6.07, 6.45) is 0.653. The van der Waals surface area contributed by atoms with Gasteiger partial charge in [-0.25, -0.2) is 0 Å². The smallest absolute Gasteiger partial charge is 0.295 e. The predicted octanol–water partition coefficient (Wildman–Crippen LogP) is 5.51. The molecule has 0 spiro atoms. The molecule has 1 N–H and O–H groups in total. The van der Waals surface area contributed by atoms with Crippen molar-refractivity contribution >= 4 is 17.4 Å². The van der Waals surface area contributed by atoms with Gasteiger partial charge in [0.25, 0.3) is 11.7 Å². The number of carbonyl (C=O) groups is 2. The number of likely N-dealkylation sites (tertiary alicyclic amines) is 1. The van der Waals surface area contributed by atoms with E-state index in [4.69, 9.17) is 18.9 Å². The highest BCUT2D eigenvalue weighted by Gasteiger charge is 2.46. The summed E-state index contributed by atoms with van der Waals surface area (Å²) in [4.78, 5) is 31.1. The lowest BCUT2D eigenvalue weighted by molar-refractivity contribution is -0.140. The topological polar surface area (TPSA) is 97.8 Å². The van der Waals surface area contributed by atoms with Gasteiger partial charge in [0.1, 0.15) is 18.1 Å². The summed E-state index contributed by atoms with van der Waals surface area (Å²) in [6.45, 7) is 10.2. The quantitative estimate of drug-likeness (QED) is 0.162. The third-order valence-electron chi connectivity index (χ3n) is 8.08. The van der Waals surface area contributed by atoms with Gasteiger partial charge in [-0.15, -0.1) is 0 Å². The number of hydrogen-bond donors (Lipinski definition) is 1. The molecule has 0 radical (unpaired) electrons. The first-order valence-corrected chi connectivity index (χ1v) is 15.5. The van der Waals surface area contributed by atoms with E-state index in [0.717, 1.165) is 30.8 Å². The molecule has 1 unspecified atom stereocenters. The van der Waals surface area contributed by atoms with Gasteiger partial charge in [-0.1, -0.05) is 36.4 Å². The maximum Gasteiger partial charge on any atom is 0.295 e. The molecule has 9 heteroatoms. The normalized spacial score (nSPS) is 18.4. The van der Waals surface area contributed by atoms with Crippen LogP contribution in [0, 0.1) is 6.92 Å². The van der Waals surface area contributed by atoms with Crippen LogP contribution in [0.15, 0.2) is 72.3 Å². The van der Waals surface area contributed by atoms with Crippen LogP contribution < -0.4 is 14.2 Å². The summed E-state index contributed by atoms with van der Waals surface area (Å²) in [7, 11) is 1.55. The summed E-state index contributed by atoms with van der Waals surface area (Å²) in [5.41, 5.74) is 2.90. The predicted molar refractivity (Wildman–Crippen MR) is 172 cm³/mol. The molecular formula is C36H42N2O7. The van der Waals surface area contributed by atoms with Crippen LogP contribution >= 0.6 is 0 Å². The number of carbonyl (C=O) groups excluding carboxylic acids is 2. The number of hydrogen-bond acceptors (Lipinski definition) is 8. The number of aliphatic hydroxyl groups excluding tert-OH is 1. The molecule has 0 aromatic heterocycles. The zero-order valence-corrected chi connectivity index (χ0v) is 26.5. The Morgan fingerprint density at radius 2 is 1.73 bits per heavy atom. The largest absolute Gasteiger partial charge is 0.507 e. The second-order valence-corrected chi connectivity index (χ2v) is 11.6. The summed E-state index contributed by atoms with van der Waals surface area (Å²) in [5.74, 6) is 0.0964. The molecule has 0 bridgehead atoms. The van der Waals surface area contributed by atoms with Crippen molar-refractivity contribution in [2.24, 2.45) is 0 Å². The molecular weight excluding hydrogens is 572 g/mol. The minimum Gasteiger partial charge on any atom is -0.507 e. The number of morpholine rings is 1. The first-order chi connectivity index (χ1) is 21.8. The van der Waals surface area contributed by atoms with Crippen molar-refractivity contribution in [2.75, 3.05) is 46.5 Å². The van der Waals surface area contributed by atoms with Crippen molar-refractivity contribution in [3.63, 3.8) is 0 Å². The highest BCUT2D eigenvalue weighted by atomic mass is 16.5. The van der Waals surface area contributed by atoms with Crippen molar-refractivity contribution in [1.82, 2.24) is 9.80 Å². The van der Waals surface area contributed by atoms with Crippen molar-refractivity contribution in [3.05, 3.63) is 94.6 Å². The third-order valence-corrected chi connectivity index (χ3v) is 8.08. The number of rotatable bonds is 12. The molecule has 3 aromatic carbocycles. The number of aryl methyl sites for hydroxylation is 1. The minimum absolute atomic E-state index is 0.0127. The molecule has 2 heterocycles. The van der Waals surface area contributed by atoms with Gasteiger partial charge in [-0.2, -0.15) is 0 Å². The Hall–Kier alpha value is -4.34. The lowest BCUT2D eigenvalue weighted by Crippen LogP contribution is -2.39. The number of benzene rings is 3. The third kappa shape index (κ3) is 7.49. The molecule has 9 nitrogen and oxygen atoms in total. The van der Waals surface area contributed by atoms with E-state index in [1.165, 1.54) is 0 Å². The average molecular weight is 615 g/mol. The molecule has 2 aliphatic heterocycles. The van der Waals surface area contributed by atoms with Gasteiger partial charge in [-0.3, -0.25) is 14.5 Å². The van der Waals surface area contributed by atoms with Crippen LogP contribution in [0.3, 0.4) is 0 Å².